The molecule has 8 nitrogen and oxygen atoms in total. The molecule has 3 rings (SSSR count). The van der Waals surface area contributed by atoms with Crippen molar-refractivity contribution in [2.45, 2.75) is 26.7 Å². The number of para-hydroxylation sites is 1. The second-order valence-electron chi connectivity index (χ2n) is 7.89. The molecule has 0 fully saturated rings. The lowest BCUT2D eigenvalue weighted by atomic mass is 9.75. The zero-order valence-corrected chi connectivity index (χ0v) is 17.7. The molecule has 1 heterocycles. The minimum Gasteiger partial charge on any atom is -0.351 e. The van der Waals surface area contributed by atoms with Crippen LogP contribution in [0.1, 0.15) is 57.0 Å². The third-order valence-electron chi connectivity index (χ3n) is 4.81. The summed E-state index contributed by atoms with van der Waals surface area (Å²) < 4.78 is 0. The van der Waals surface area contributed by atoms with Gasteiger partial charge in [0.1, 0.15) is 5.56 Å². The predicted molar refractivity (Wildman–Crippen MR) is 117 cm³/mol. The minimum absolute atomic E-state index is 0. The molecule has 1 aromatic heterocycles. The van der Waals surface area contributed by atoms with Crippen molar-refractivity contribution in [2.24, 2.45) is 11.1 Å². The number of fused-ring (bicyclic) bond motifs is 1. The number of carbonyl (C=O) groups excluding carboxylic acids is 3. The molecule has 1 aromatic carbocycles. The first-order valence-corrected chi connectivity index (χ1v) is 9.40. The van der Waals surface area contributed by atoms with Gasteiger partial charge in [0, 0.05) is 30.8 Å². The number of ketones is 1. The summed E-state index contributed by atoms with van der Waals surface area (Å²) in [6.07, 6.45) is 0.895. The molecule has 2 aromatic rings. The highest BCUT2D eigenvalue weighted by Crippen LogP contribution is 2.33. The van der Waals surface area contributed by atoms with Crippen LogP contribution < -0.4 is 21.9 Å². The standard InChI is InChI=1S/C21H24N4O4.ClH/c1-21(2)10-16-13(17(26)11-21)9-14(20(29)25-16)19(28)24-15-6-4-3-5-12(15)18(27)23-8-7-22;/h3-6,9H,7-8,10-11,22H2,1-2H3,(H,23,27)(H,24,28)(H,25,29);1H. The first-order valence-electron chi connectivity index (χ1n) is 9.40. The largest absolute Gasteiger partial charge is 0.351 e. The highest BCUT2D eigenvalue weighted by molar-refractivity contribution is 6.10. The monoisotopic (exact) mass is 432 g/mol. The van der Waals surface area contributed by atoms with E-state index in [0.717, 1.165) is 0 Å². The first kappa shape index (κ1) is 23.3. The van der Waals surface area contributed by atoms with E-state index >= 15 is 0 Å². The van der Waals surface area contributed by atoms with Gasteiger partial charge in [-0.25, -0.2) is 0 Å². The molecular formula is C21H25ClN4O4. The van der Waals surface area contributed by atoms with Crippen molar-refractivity contribution >= 4 is 35.7 Å². The van der Waals surface area contributed by atoms with Crippen LogP contribution in [0.5, 0.6) is 0 Å². The number of aromatic amines is 1. The molecule has 0 atom stereocenters. The van der Waals surface area contributed by atoms with Crippen molar-refractivity contribution in [3.63, 3.8) is 0 Å². The third-order valence-corrected chi connectivity index (χ3v) is 4.81. The Morgan fingerprint density at radius 1 is 1.10 bits per heavy atom. The first-order chi connectivity index (χ1) is 13.7. The Hall–Kier alpha value is -2.97. The van der Waals surface area contributed by atoms with Crippen LogP contribution in [0.3, 0.4) is 0 Å². The summed E-state index contributed by atoms with van der Waals surface area (Å²) in [6, 6.07) is 7.80. The summed E-state index contributed by atoms with van der Waals surface area (Å²) in [5.74, 6) is -1.18. The molecule has 30 heavy (non-hydrogen) atoms. The number of amides is 2. The van der Waals surface area contributed by atoms with Crippen molar-refractivity contribution < 1.29 is 14.4 Å². The van der Waals surface area contributed by atoms with E-state index < -0.39 is 11.5 Å². The lowest BCUT2D eigenvalue weighted by Crippen LogP contribution is -2.33. The van der Waals surface area contributed by atoms with Crippen molar-refractivity contribution in [1.82, 2.24) is 10.3 Å². The Morgan fingerprint density at radius 2 is 1.80 bits per heavy atom. The van der Waals surface area contributed by atoms with E-state index in [9.17, 15) is 19.2 Å². The van der Waals surface area contributed by atoms with Crippen molar-refractivity contribution in [2.75, 3.05) is 18.4 Å². The maximum Gasteiger partial charge on any atom is 0.261 e. The lowest BCUT2D eigenvalue weighted by Gasteiger charge is -2.29. The molecule has 0 bridgehead atoms. The molecule has 2 amide bonds. The molecule has 0 radical (unpaired) electrons. The number of aromatic nitrogens is 1. The maximum absolute atomic E-state index is 12.7. The molecule has 0 saturated heterocycles. The van der Waals surface area contributed by atoms with Gasteiger partial charge in [-0.15, -0.1) is 12.4 Å². The Labute approximate surface area is 180 Å². The number of benzene rings is 1. The summed E-state index contributed by atoms with van der Waals surface area (Å²) >= 11 is 0. The minimum atomic E-state index is -0.689. The number of H-pyrrole nitrogens is 1. The molecule has 0 aliphatic heterocycles. The number of pyridine rings is 1. The van der Waals surface area contributed by atoms with E-state index in [1.54, 1.807) is 24.3 Å². The Balaban J connectivity index is 0.00000320. The van der Waals surface area contributed by atoms with Crippen molar-refractivity contribution in [3.8, 4) is 0 Å². The molecule has 0 unspecified atom stereocenters. The van der Waals surface area contributed by atoms with Gasteiger partial charge in [0.05, 0.1) is 11.3 Å². The molecule has 160 valence electrons. The van der Waals surface area contributed by atoms with Gasteiger partial charge in [-0.3, -0.25) is 19.2 Å². The fraction of sp³-hybridized carbons (Fsp3) is 0.333. The number of Topliss-reactive ketones (excluding diaryl/α,β-unsaturated/α-hetero) is 1. The number of nitrogens with two attached hydrogens (primary N) is 1. The summed E-state index contributed by atoms with van der Waals surface area (Å²) in [5, 5.41) is 5.24. The highest BCUT2D eigenvalue weighted by Gasteiger charge is 2.32. The smallest absolute Gasteiger partial charge is 0.261 e. The van der Waals surface area contributed by atoms with Crippen LogP contribution >= 0.6 is 12.4 Å². The van der Waals surface area contributed by atoms with E-state index in [4.69, 9.17) is 5.73 Å². The van der Waals surface area contributed by atoms with Crippen LogP contribution in [0.25, 0.3) is 0 Å². The molecule has 9 heteroatoms. The van der Waals surface area contributed by atoms with Crippen LogP contribution in [-0.4, -0.2) is 35.7 Å². The fourth-order valence-corrected chi connectivity index (χ4v) is 3.46. The molecular weight excluding hydrogens is 408 g/mol. The average molecular weight is 433 g/mol. The van der Waals surface area contributed by atoms with Gasteiger partial charge in [0.25, 0.3) is 17.4 Å². The van der Waals surface area contributed by atoms with Gasteiger partial charge in [-0.05, 0) is 30.0 Å². The number of halogens is 1. The molecule has 1 aliphatic rings. The highest BCUT2D eigenvalue weighted by atomic mass is 35.5. The summed E-state index contributed by atoms with van der Waals surface area (Å²) in [5.41, 5.74) is 5.84. The Morgan fingerprint density at radius 3 is 2.50 bits per heavy atom. The van der Waals surface area contributed by atoms with Crippen LogP contribution in [0.15, 0.2) is 35.1 Å². The van der Waals surface area contributed by atoms with Gasteiger partial charge in [0.2, 0.25) is 0 Å². The third kappa shape index (κ3) is 4.95. The number of nitrogens with one attached hydrogen (secondary N) is 3. The van der Waals surface area contributed by atoms with Gasteiger partial charge in [-0.2, -0.15) is 0 Å². The van der Waals surface area contributed by atoms with E-state index in [0.29, 0.717) is 30.6 Å². The van der Waals surface area contributed by atoms with Crippen LogP contribution in [0.2, 0.25) is 0 Å². The number of anilines is 1. The Kier molecular flexibility index (Phi) is 7.17. The number of hydrogen-bond acceptors (Lipinski definition) is 5. The zero-order valence-electron chi connectivity index (χ0n) is 16.8. The van der Waals surface area contributed by atoms with E-state index in [1.165, 1.54) is 6.07 Å². The molecule has 5 N–H and O–H groups in total. The Bertz CT molecular complexity index is 1050. The lowest BCUT2D eigenvalue weighted by molar-refractivity contribution is 0.0908. The molecule has 0 spiro atoms. The average Bonchev–Trinajstić information content (AvgIpc) is 2.65. The van der Waals surface area contributed by atoms with Crippen molar-refractivity contribution in [3.05, 3.63) is 63.1 Å². The van der Waals surface area contributed by atoms with Gasteiger partial charge >= 0.3 is 0 Å². The summed E-state index contributed by atoms with van der Waals surface area (Å²) in [7, 11) is 0. The topological polar surface area (TPSA) is 134 Å². The van der Waals surface area contributed by atoms with E-state index in [-0.39, 0.29) is 52.9 Å². The SMILES string of the molecule is CC1(C)CC(=O)c2cc(C(=O)Nc3ccccc3C(=O)NCCN)c(=O)[nH]c2C1.Cl. The van der Waals surface area contributed by atoms with Crippen LogP contribution in [0, 0.1) is 5.41 Å². The van der Waals surface area contributed by atoms with Gasteiger partial charge < -0.3 is 21.4 Å². The van der Waals surface area contributed by atoms with Crippen LogP contribution in [0.4, 0.5) is 5.69 Å². The summed E-state index contributed by atoms with van der Waals surface area (Å²) in [6.45, 7) is 4.50. The zero-order chi connectivity index (χ0) is 21.2. The maximum atomic E-state index is 12.7. The number of hydrogen-bond donors (Lipinski definition) is 4. The van der Waals surface area contributed by atoms with Crippen molar-refractivity contribution in [1.29, 1.82) is 0 Å². The molecule has 0 saturated carbocycles. The van der Waals surface area contributed by atoms with Gasteiger partial charge in [-0.1, -0.05) is 26.0 Å². The van der Waals surface area contributed by atoms with Crippen LogP contribution in [-0.2, 0) is 6.42 Å². The van der Waals surface area contributed by atoms with E-state index in [1.807, 2.05) is 13.8 Å². The fourth-order valence-electron chi connectivity index (χ4n) is 3.46. The quantitative estimate of drug-likeness (QED) is 0.572. The number of rotatable bonds is 5. The van der Waals surface area contributed by atoms with Gasteiger partial charge in [0.15, 0.2) is 5.78 Å². The molecule has 1 aliphatic carbocycles. The summed E-state index contributed by atoms with van der Waals surface area (Å²) in [4.78, 5) is 52.7. The number of carbonyl (C=O) groups is 3. The predicted octanol–water partition coefficient (Wildman–Crippen LogP) is 1.89. The normalized spacial score (nSPS) is 14.3. The van der Waals surface area contributed by atoms with E-state index in [2.05, 4.69) is 15.6 Å². The second-order valence-corrected chi connectivity index (χ2v) is 7.89. The second kappa shape index (κ2) is 9.23.